The number of benzene rings is 1. The summed E-state index contributed by atoms with van der Waals surface area (Å²) in [6.45, 7) is 2.20. The third-order valence-electron chi connectivity index (χ3n) is 8.32. The predicted molar refractivity (Wildman–Crippen MR) is 128 cm³/mol. The van der Waals surface area contributed by atoms with E-state index in [1.54, 1.807) is 17.6 Å². The predicted octanol–water partition coefficient (Wildman–Crippen LogP) is 2.61. The summed E-state index contributed by atoms with van der Waals surface area (Å²) in [6.07, 6.45) is 3.35. The molecular formula is C27H26N2O7. The maximum Gasteiger partial charge on any atom is 0.343 e. The van der Waals surface area contributed by atoms with E-state index in [4.69, 9.17) is 19.2 Å². The zero-order chi connectivity index (χ0) is 24.8. The van der Waals surface area contributed by atoms with Crippen LogP contribution < -0.4 is 15.0 Å². The molecule has 1 aromatic carbocycles. The van der Waals surface area contributed by atoms with Gasteiger partial charge in [0.1, 0.15) is 6.61 Å². The van der Waals surface area contributed by atoms with E-state index in [0.29, 0.717) is 41.2 Å². The number of aliphatic hydroxyl groups excluding tert-OH is 1. The van der Waals surface area contributed by atoms with Crippen molar-refractivity contribution in [2.24, 2.45) is 0 Å². The minimum Gasteiger partial charge on any atom is -0.458 e. The van der Waals surface area contributed by atoms with E-state index in [1.165, 1.54) is 0 Å². The summed E-state index contributed by atoms with van der Waals surface area (Å²) < 4.78 is 18.4. The minimum absolute atomic E-state index is 0.0983. The number of pyridine rings is 2. The molecule has 5 heterocycles. The number of carbonyl (C=O) groups excluding carboxylic acids is 1. The Bertz CT molecular complexity index is 1540. The lowest BCUT2D eigenvalue weighted by atomic mass is 9.77. The molecule has 2 N–H and O–H groups in total. The molecule has 9 heteroatoms. The van der Waals surface area contributed by atoms with Gasteiger partial charge >= 0.3 is 5.97 Å². The summed E-state index contributed by atoms with van der Waals surface area (Å²) in [6, 6.07) is 3.65. The van der Waals surface area contributed by atoms with Crippen LogP contribution in [0.15, 0.2) is 16.9 Å². The van der Waals surface area contributed by atoms with Gasteiger partial charge in [-0.2, -0.15) is 0 Å². The van der Waals surface area contributed by atoms with Crippen molar-refractivity contribution in [3.05, 3.63) is 50.3 Å². The number of hydrogen-bond donors (Lipinski definition) is 2. The van der Waals surface area contributed by atoms with E-state index in [9.17, 15) is 19.8 Å². The van der Waals surface area contributed by atoms with Crippen LogP contribution in [-0.2, 0) is 34.7 Å². The van der Waals surface area contributed by atoms with Gasteiger partial charge in [0, 0.05) is 34.7 Å². The fourth-order valence-corrected chi connectivity index (χ4v) is 6.51. The summed E-state index contributed by atoms with van der Waals surface area (Å²) >= 11 is 0. The molecule has 0 saturated heterocycles. The molecule has 0 amide bonds. The summed E-state index contributed by atoms with van der Waals surface area (Å²) in [5.74, 6) is 0.927. The maximum atomic E-state index is 13.6. The van der Waals surface area contributed by atoms with Gasteiger partial charge in [0.05, 0.1) is 29.0 Å². The van der Waals surface area contributed by atoms with Gasteiger partial charge in [-0.1, -0.05) is 6.92 Å². The van der Waals surface area contributed by atoms with Gasteiger partial charge in [0.15, 0.2) is 17.1 Å². The Morgan fingerprint density at radius 1 is 1.17 bits per heavy atom. The molecule has 7 rings (SSSR count). The minimum atomic E-state index is -1.86. The molecule has 4 aliphatic rings. The van der Waals surface area contributed by atoms with Crippen LogP contribution in [0.4, 0.5) is 0 Å². The van der Waals surface area contributed by atoms with Crippen molar-refractivity contribution < 1.29 is 29.2 Å². The number of aliphatic hydroxyl groups is 2. The number of aromatic nitrogens is 2. The van der Waals surface area contributed by atoms with E-state index in [2.05, 4.69) is 0 Å². The number of fused-ring (bicyclic) bond motifs is 7. The molecule has 1 aliphatic carbocycles. The molecule has 2 atom stereocenters. The lowest BCUT2D eigenvalue weighted by Gasteiger charge is -2.31. The average molecular weight is 491 g/mol. The number of nitrogens with zero attached hydrogens (tertiary/aromatic N) is 2. The molecule has 0 radical (unpaired) electrons. The second kappa shape index (κ2) is 7.54. The normalized spacial score (nSPS) is 22.9. The van der Waals surface area contributed by atoms with Gasteiger partial charge in [0.2, 0.25) is 6.79 Å². The van der Waals surface area contributed by atoms with Crippen molar-refractivity contribution in [2.75, 3.05) is 13.4 Å². The van der Waals surface area contributed by atoms with Crippen LogP contribution >= 0.6 is 0 Å². The van der Waals surface area contributed by atoms with Gasteiger partial charge in [-0.3, -0.25) is 4.79 Å². The van der Waals surface area contributed by atoms with Crippen molar-refractivity contribution >= 4 is 16.9 Å². The number of cyclic esters (lactones) is 1. The molecule has 0 spiro atoms. The number of rotatable bonds is 4. The SMILES string of the molecule is CCC1(O)C(=O)OCc2c1cc1n(c2=O)Cc2c-1nc1cc3c(c4c1c2[C@H](CCCO)CC4)OCO3. The Morgan fingerprint density at radius 2 is 2.03 bits per heavy atom. The molecule has 36 heavy (non-hydrogen) atoms. The maximum absolute atomic E-state index is 13.6. The Balaban J connectivity index is 1.52. The van der Waals surface area contributed by atoms with E-state index in [-0.39, 0.29) is 37.9 Å². The van der Waals surface area contributed by atoms with Crippen molar-refractivity contribution in [1.29, 1.82) is 0 Å². The van der Waals surface area contributed by atoms with Crippen molar-refractivity contribution in [3.8, 4) is 22.9 Å². The Morgan fingerprint density at radius 3 is 2.83 bits per heavy atom. The summed E-state index contributed by atoms with van der Waals surface area (Å²) in [4.78, 5) is 31.2. The molecule has 0 saturated carbocycles. The van der Waals surface area contributed by atoms with Gasteiger partial charge < -0.3 is 29.0 Å². The van der Waals surface area contributed by atoms with Crippen LogP contribution in [0.5, 0.6) is 11.5 Å². The molecule has 186 valence electrons. The highest BCUT2D eigenvalue weighted by Gasteiger charge is 2.46. The van der Waals surface area contributed by atoms with Crippen LogP contribution in [0.25, 0.3) is 22.3 Å². The van der Waals surface area contributed by atoms with Crippen molar-refractivity contribution in [2.45, 2.75) is 63.7 Å². The second-order valence-corrected chi connectivity index (χ2v) is 10.0. The number of esters is 1. The smallest absolute Gasteiger partial charge is 0.343 e. The van der Waals surface area contributed by atoms with Crippen LogP contribution in [0, 0.1) is 0 Å². The number of carbonyl (C=O) groups is 1. The summed E-state index contributed by atoms with van der Waals surface area (Å²) in [5, 5.41) is 21.8. The molecule has 3 aliphatic heterocycles. The number of aryl methyl sites for hydroxylation is 1. The molecule has 2 aromatic heterocycles. The monoisotopic (exact) mass is 490 g/mol. The van der Waals surface area contributed by atoms with Gasteiger partial charge in [-0.25, -0.2) is 9.78 Å². The van der Waals surface area contributed by atoms with Crippen LogP contribution in [0.2, 0.25) is 0 Å². The summed E-state index contributed by atoms with van der Waals surface area (Å²) in [7, 11) is 0. The zero-order valence-electron chi connectivity index (χ0n) is 19.9. The highest BCUT2D eigenvalue weighted by molar-refractivity contribution is 5.95. The average Bonchev–Trinajstić information content (AvgIpc) is 3.51. The van der Waals surface area contributed by atoms with Crippen LogP contribution in [-0.4, -0.2) is 39.1 Å². The standard InChI is InChI=1S/C27H26N2O7/c1-2-27(33)17-8-19-23-15(10-29(19)25(31)16(17)11-34-26(27)32)21-13(4-3-7-30)5-6-14-22(21)18(28-23)9-20-24(14)36-12-35-20/h8-9,13,30,33H,2-7,10-12H2,1H3/t13-,27?/m1/s1. The van der Waals surface area contributed by atoms with Crippen LogP contribution in [0.1, 0.15) is 66.3 Å². The van der Waals surface area contributed by atoms with Crippen molar-refractivity contribution in [1.82, 2.24) is 9.55 Å². The van der Waals surface area contributed by atoms with Gasteiger partial charge in [-0.05, 0) is 49.7 Å². The van der Waals surface area contributed by atoms with E-state index in [0.717, 1.165) is 52.6 Å². The van der Waals surface area contributed by atoms with E-state index < -0.39 is 11.6 Å². The molecule has 0 fully saturated rings. The Kier molecular flexibility index (Phi) is 4.57. The second-order valence-electron chi connectivity index (χ2n) is 10.0. The zero-order valence-corrected chi connectivity index (χ0v) is 19.9. The third-order valence-corrected chi connectivity index (χ3v) is 8.32. The van der Waals surface area contributed by atoms with Crippen molar-refractivity contribution in [3.63, 3.8) is 0 Å². The fraction of sp³-hybridized carbons (Fsp3) is 0.444. The Hall–Kier alpha value is -3.43. The quantitative estimate of drug-likeness (QED) is 0.419. The molecule has 9 nitrogen and oxygen atoms in total. The fourth-order valence-electron chi connectivity index (χ4n) is 6.51. The first-order chi connectivity index (χ1) is 17.5. The van der Waals surface area contributed by atoms with E-state index in [1.807, 2.05) is 6.07 Å². The first kappa shape index (κ1) is 21.8. The van der Waals surface area contributed by atoms with Gasteiger partial charge in [0.25, 0.3) is 5.56 Å². The molecular weight excluding hydrogens is 464 g/mol. The number of ether oxygens (including phenoxy) is 3. The number of hydrogen-bond acceptors (Lipinski definition) is 8. The molecule has 3 aromatic rings. The summed E-state index contributed by atoms with van der Waals surface area (Å²) in [5.41, 5.74) is 3.78. The lowest BCUT2D eigenvalue weighted by Crippen LogP contribution is -2.44. The van der Waals surface area contributed by atoms with Gasteiger partial charge in [-0.15, -0.1) is 0 Å². The largest absolute Gasteiger partial charge is 0.458 e. The first-order valence-corrected chi connectivity index (χ1v) is 12.5. The highest BCUT2D eigenvalue weighted by atomic mass is 16.7. The molecule has 1 unspecified atom stereocenters. The highest BCUT2D eigenvalue weighted by Crippen LogP contribution is 2.51. The third kappa shape index (κ3) is 2.70. The first-order valence-electron chi connectivity index (χ1n) is 12.5. The molecule has 0 bridgehead atoms. The Labute approximate surface area is 206 Å². The van der Waals surface area contributed by atoms with E-state index >= 15 is 0 Å². The van der Waals surface area contributed by atoms with Crippen LogP contribution in [0.3, 0.4) is 0 Å². The lowest BCUT2D eigenvalue weighted by molar-refractivity contribution is -0.172. The topological polar surface area (TPSA) is 120 Å².